The third kappa shape index (κ3) is 4.15. The Balaban J connectivity index is 1.49. The molecular formula is C26H27N3O4S. The van der Waals surface area contributed by atoms with Gasteiger partial charge in [-0.15, -0.1) is 0 Å². The SMILES string of the molecule is COc1ccc2c(c1)C(N1CCCN(S(=O)(=O)c3ccccc3C)CC1)=Nc1ccccc1O2. The van der Waals surface area contributed by atoms with E-state index in [0.717, 1.165) is 22.6 Å². The molecule has 8 heteroatoms. The van der Waals surface area contributed by atoms with Gasteiger partial charge in [0.05, 0.1) is 17.6 Å². The molecule has 3 aromatic carbocycles. The number of sulfonamides is 1. The average molecular weight is 478 g/mol. The van der Waals surface area contributed by atoms with Crippen molar-refractivity contribution in [2.24, 2.45) is 4.99 Å². The van der Waals surface area contributed by atoms with Gasteiger partial charge < -0.3 is 14.4 Å². The molecule has 0 aromatic heterocycles. The number of aliphatic imine (C=N–C) groups is 1. The molecule has 0 unspecified atom stereocenters. The molecule has 2 aliphatic heterocycles. The van der Waals surface area contributed by atoms with Crippen LogP contribution in [0.25, 0.3) is 0 Å². The summed E-state index contributed by atoms with van der Waals surface area (Å²) in [7, 11) is -1.95. The molecule has 7 nitrogen and oxygen atoms in total. The first-order chi connectivity index (χ1) is 16.5. The molecule has 0 radical (unpaired) electrons. The van der Waals surface area contributed by atoms with Crippen LogP contribution in [0, 0.1) is 6.92 Å². The topological polar surface area (TPSA) is 71.4 Å². The van der Waals surface area contributed by atoms with E-state index in [-0.39, 0.29) is 0 Å². The number of para-hydroxylation sites is 2. The summed E-state index contributed by atoms with van der Waals surface area (Å²) in [5.41, 5.74) is 2.32. The van der Waals surface area contributed by atoms with Crippen molar-refractivity contribution >= 4 is 21.5 Å². The van der Waals surface area contributed by atoms with E-state index >= 15 is 0 Å². The first kappa shape index (κ1) is 22.4. The Morgan fingerprint density at radius 1 is 0.912 bits per heavy atom. The monoisotopic (exact) mass is 477 g/mol. The van der Waals surface area contributed by atoms with Gasteiger partial charge in [-0.3, -0.25) is 0 Å². The summed E-state index contributed by atoms with van der Waals surface area (Å²) in [4.78, 5) is 7.49. The van der Waals surface area contributed by atoms with Gasteiger partial charge in [0, 0.05) is 26.2 Å². The number of hydrogen-bond acceptors (Lipinski definition) is 6. The molecule has 0 spiro atoms. The first-order valence-electron chi connectivity index (χ1n) is 11.3. The Labute approximate surface area is 200 Å². The minimum Gasteiger partial charge on any atom is -0.497 e. The number of fused-ring (bicyclic) bond motifs is 2. The number of rotatable bonds is 3. The van der Waals surface area contributed by atoms with Crippen LogP contribution >= 0.6 is 0 Å². The quantitative estimate of drug-likeness (QED) is 0.552. The molecule has 2 aliphatic rings. The lowest BCUT2D eigenvalue weighted by molar-refractivity contribution is 0.405. The summed E-state index contributed by atoms with van der Waals surface area (Å²) < 4.78 is 40.0. The highest BCUT2D eigenvalue weighted by atomic mass is 32.2. The van der Waals surface area contributed by atoms with E-state index in [0.29, 0.717) is 54.7 Å². The lowest BCUT2D eigenvalue weighted by Gasteiger charge is -2.25. The average Bonchev–Trinajstić information content (AvgIpc) is 3.19. The molecule has 3 aromatic rings. The number of nitrogens with zero attached hydrogens (tertiary/aromatic N) is 3. The Hall–Kier alpha value is -3.36. The van der Waals surface area contributed by atoms with E-state index in [1.54, 1.807) is 23.5 Å². The highest BCUT2D eigenvalue weighted by molar-refractivity contribution is 7.89. The molecule has 1 fully saturated rings. The zero-order valence-electron chi connectivity index (χ0n) is 19.3. The molecule has 0 amide bonds. The fourth-order valence-electron chi connectivity index (χ4n) is 4.40. The fourth-order valence-corrected chi connectivity index (χ4v) is 6.10. The zero-order valence-corrected chi connectivity index (χ0v) is 20.1. The Morgan fingerprint density at radius 3 is 2.53 bits per heavy atom. The number of benzene rings is 3. The van der Waals surface area contributed by atoms with E-state index in [1.165, 1.54) is 0 Å². The van der Waals surface area contributed by atoms with Crippen LogP contribution in [0.3, 0.4) is 0 Å². The van der Waals surface area contributed by atoms with E-state index in [1.807, 2.05) is 61.5 Å². The number of aryl methyl sites for hydroxylation is 1. The summed E-state index contributed by atoms with van der Waals surface area (Å²) in [6.07, 6.45) is 0.686. The van der Waals surface area contributed by atoms with Crippen molar-refractivity contribution in [3.8, 4) is 17.2 Å². The van der Waals surface area contributed by atoms with Crippen molar-refractivity contribution in [1.29, 1.82) is 0 Å². The molecule has 1 saturated heterocycles. The first-order valence-corrected chi connectivity index (χ1v) is 12.8. The largest absolute Gasteiger partial charge is 0.497 e. The maximum absolute atomic E-state index is 13.4. The van der Waals surface area contributed by atoms with Gasteiger partial charge >= 0.3 is 0 Å². The van der Waals surface area contributed by atoms with Gasteiger partial charge in [-0.2, -0.15) is 4.31 Å². The van der Waals surface area contributed by atoms with Gasteiger partial charge in [0.2, 0.25) is 10.0 Å². The molecule has 0 aliphatic carbocycles. The van der Waals surface area contributed by atoms with Crippen LogP contribution in [0.1, 0.15) is 17.5 Å². The predicted molar refractivity (Wildman–Crippen MR) is 132 cm³/mol. The summed E-state index contributed by atoms with van der Waals surface area (Å²) in [6, 6.07) is 20.5. The van der Waals surface area contributed by atoms with Crippen LogP contribution in [-0.2, 0) is 10.0 Å². The third-order valence-corrected chi connectivity index (χ3v) is 8.26. The van der Waals surface area contributed by atoms with Crippen molar-refractivity contribution in [2.45, 2.75) is 18.2 Å². The second kappa shape index (κ2) is 9.12. The standard InChI is InChI=1S/C26H27N3O4S/c1-19-8-3-6-11-25(19)34(30,31)29-15-7-14-28(16-17-29)26-21-18-20(32-2)12-13-23(21)33-24-10-5-4-9-22(24)27-26/h3-6,8-13,18H,7,14-17H2,1-2H3. The molecule has 0 N–H and O–H groups in total. The summed E-state index contributed by atoms with van der Waals surface area (Å²) in [6.45, 7) is 3.86. The van der Waals surface area contributed by atoms with Crippen molar-refractivity contribution in [2.75, 3.05) is 33.3 Å². The summed E-state index contributed by atoms with van der Waals surface area (Å²) in [5.74, 6) is 2.84. The fraction of sp³-hybridized carbons (Fsp3) is 0.269. The van der Waals surface area contributed by atoms with E-state index in [4.69, 9.17) is 14.5 Å². The van der Waals surface area contributed by atoms with Crippen LogP contribution in [0.15, 0.2) is 76.6 Å². The van der Waals surface area contributed by atoms with Crippen LogP contribution in [0.2, 0.25) is 0 Å². The number of hydrogen-bond donors (Lipinski definition) is 0. The van der Waals surface area contributed by atoms with Crippen molar-refractivity contribution in [1.82, 2.24) is 9.21 Å². The zero-order chi connectivity index (χ0) is 23.7. The lowest BCUT2D eigenvalue weighted by Crippen LogP contribution is -2.37. The van der Waals surface area contributed by atoms with Crippen molar-refractivity contribution < 1.29 is 17.9 Å². The molecule has 2 heterocycles. The smallest absolute Gasteiger partial charge is 0.243 e. The molecule has 0 bridgehead atoms. The van der Waals surface area contributed by atoms with Gasteiger partial charge in [-0.25, -0.2) is 13.4 Å². The highest BCUT2D eigenvalue weighted by Gasteiger charge is 2.30. The van der Waals surface area contributed by atoms with E-state index in [2.05, 4.69) is 4.90 Å². The number of methoxy groups -OCH3 is 1. The normalized spacial score (nSPS) is 16.4. The van der Waals surface area contributed by atoms with Gasteiger partial charge in [0.15, 0.2) is 5.75 Å². The molecule has 0 saturated carbocycles. The van der Waals surface area contributed by atoms with Crippen LogP contribution in [0.5, 0.6) is 17.2 Å². The van der Waals surface area contributed by atoms with Gasteiger partial charge in [0.1, 0.15) is 23.0 Å². The van der Waals surface area contributed by atoms with Gasteiger partial charge in [0.25, 0.3) is 0 Å². The Kier molecular flexibility index (Phi) is 6.02. The van der Waals surface area contributed by atoms with E-state index in [9.17, 15) is 8.42 Å². The number of amidine groups is 1. The molecule has 176 valence electrons. The molecule has 0 atom stereocenters. The maximum atomic E-state index is 13.4. The Morgan fingerprint density at radius 2 is 1.71 bits per heavy atom. The van der Waals surface area contributed by atoms with Crippen LogP contribution < -0.4 is 9.47 Å². The second-order valence-electron chi connectivity index (χ2n) is 8.38. The summed E-state index contributed by atoms with van der Waals surface area (Å²) >= 11 is 0. The minimum atomic E-state index is -3.58. The van der Waals surface area contributed by atoms with E-state index < -0.39 is 10.0 Å². The Bertz CT molecular complexity index is 1350. The highest BCUT2D eigenvalue weighted by Crippen LogP contribution is 2.39. The van der Waals surface area contributed by atoms with Crippen molar-refractivity contribution in [3.63, 3.8) is 0 Å². The lowest BCUT2D eigenvalue weighted by atomic mass is 10.1. The molecular weight excluding hydrogens is 450 g/mol. The van der Waals surface area contributed by atoms with Crippen LogP contribution in [0.4, 0.5) is 5.69 Å². The molecule has 34 heavy (non-hydrogen) atoms. The number of ether oxygens (including phenoxy) is 2. The van der Waals surface area contributed by atoms with Gasteiger partial charge in [-0.05, 0) is 55.3 Å². The van der Waals surface area contributed by atoms with Crippen LogP contribution in [-0.4, -0.2) is 56.7 Å². The third-order valence-electron chi connectivity index (χ3n) is 6.20. The minimum absolute atomic E-state index is 0.368. The van der Waals surface area contributed by atoms with Gasteiger partial charge in [-0.1, -0.05) is 30.3 Å². The molecule has 5 rings (SSSR count). The van der Waals surface area contributed by atoms with Crippen molar-refractivity contribution in [3.05, 3.63) is 77.9 Å². The summed E-state index contributed by atoms with van der Waals surface area (Å²) in [5, 5.41) is 0. The second-order valence-corrected chi connectivity index (χ2v) is 10.3. The predicted octanol–water partition coefficient (Wildman–Crippen LogP) is 4.58. The maximum Gasteiger partial charge on any atom is 0.243 e.